The van der Waals surface area contributed by atoms with Crippen molar-refractivity contribution in [1.82, 2.24) is 10.6 Å². The molecule has 0 amide bonds. The third kappa shape index (κ3) is 9.69. The fraction of sp³-hybridized carbons (Fsp3) is 0.614. The number of aldehydes is 1. The SMILES string of the molecule is C=C(/C=C/C=C(/COCC)[C@@H]1CC[C@]2([C@@H]1O)[C@@H](CCCO)/C(=C(/C)C=O)CC[C@]2(O)CCNC)[C@H]1C/C=C(\C)[C@@H](O)N[C@@H](C)Cc2cccc(c2)C1. The second-order valence-electron chi connectivity index (χ2n) is 15.7. The first-order valence-corrected chi connectivity index (χ1v) is 19.6. The van der Waals surface area contributed by atoms with Crippen LogP contribution >= 0.6 is 0 Å². The second-order valence-corrected chi connectivity index (χ2v) is 15.7. The molecule has 288 valence electrons. The predicted octanol–water partition coefficient (Wildman–Crippen LogP) is 5.91. The van der Waals surface area contributed by atoms with Crippen LogP contribution < -0.4 is 10.6 Å². The maximum Gasteiger partial charge on any atom is 0.145 e. The van der Waals surface area contributed by atoms with Crippen LogP contribution in [-0.4, -0.2) is 84.1 Å². The van der Waals surface area contributed by atoms with Gasteiger partial charge in [0.05, 0.1) is 18.3 Å². The number of carbonyl (C=O) groups excluding carboxylic acids is 1. The normalized spacial score (nSPS) is 33.7. The Morgan fingerprint density at radius 2 is 1.94 bits per heavy atom. The maximum atomic E-state index is 12.6. The van der Waals surface area contributed by atoms with E-state index in [9.17, 15) is 25.2 Å². The summed E-state index contributed by atoms with van der Waals surface area (Å²) in [5, 5.41) is 52.4. The van der Waals surface area contributed by atoms with Gasteiger partial charge in [-0.05, 0) is 145 Å². The van der Waals surface area contributed by atoms with Crippen LogP contribution in [0.1, 0.15) is 90.2 Å². The van der Waals surface area contributed by atoms with E-state index in [4.69, 9.17) is 4.74 Å². The summed E-state index contributed by atoms with van der Waals surface area (Å²) < 4.78 is 5.99. The first-order valence-electron chi connectivity index (χ1n) is 19.6. The van der Waals surface area contributed by atoms with Crippen molar-refractivity contribution in [3.63, 3.8) is 0 Å². The standard InChI is InChI=1S/C44H66N2O6/c1-7-52-29-37(14-8-11-30(2)36-17-16-31(3)42(50)46-33(5)25-34-12-9-13-35(26-34)27-36)39-19-21-44(41(39)49)40(15-10-24-47)38(32(4)28-48)18-20-43(44,51)22-23-45-6/h8-9,11-14,16,26,28,33,36,39-42,45-47,49-51H,2,7,10,15,17-25,27,29H2,1,3-6H3/b11-8+,31-16+,37-14-,38-32-/t33-,36-,39-,40-,41+,42+,43-,44+/m0/s1. The van der Waals surface area contributed by atoms with Crippen LogP contribution in [0, 0.1) is 23.2 Å². The zero-order valence-electron chi connectivity index (χ0n) is 32.4. The smallest absolute Gasteiger partial charge is 0.145 e. The highest BCUT2D eigenvalue weighted by atomic mass is 16.5. The van der Waals surface area contributed by atoms with Crippen molar-refractivity contribution in [2.45, 2.75) is 116 Å². The second kappa shape index (κ2) is 19.6. The molecule has 2 saturated carbocycles. The number of hydrogen-bond acceptors (Lipinski definition) is 8. The molecule has 2 bridgehead atoms. The minimum absolute atomic E-state index is 0.0110. The summed E-state index contributed by atoms with van der Waals surface area (Å²) in [6, 6.07) is 8.83. The summed E-state index contributed by atoms with van der Waals surface area (Å²) in [5.41, 5.74) is 5.02. The summed E-state index contributed by atoms with van der Waals surface area (Å²) >= 11 is 0. The average molecular weight is 719 g/mol. The first-order chi connectivity index (χ1) is 24.9. The van der Waals surface area contributed by atoms with E-state index in [1.54, 1.807) is 0 Å². The third-order valence-electron chi connectivity index (χ3n) is 12.3. The van der Waals surface area contributed by atoms with Gasteiger partial charge >= 0.3 is 0 Å². The Morgan fingerprint density at radius 1 is 1.19 bits per heavy atom. The number of hydrogen-bond donors (Lipinski definition) is 6. The van der Waals surface area contributed by atoms with Crippen molar-refractivity contribution in [3.05, 3.63) is 94.1 Å². The number of aliphatic hydroxyl groups is 4. The van der Waals surface area contributed by atoms with Crippen molar-refractivity contribution in [1.29, 1.82) is 0 Å². The van der Waals surface area contributed by atoms with Crippen LogP contribution in [0.5, 0.6) is 0 Å². The molecule has 0 radical (unpaired) electrons. The lowest BCUT2D eigenvalue weighted by atomic mass is 9.51. The highest BCUT2D eigenvalue weighted by Crippen LogP contribution is 2.64. The molecule has 1 heterocycles. The van der Waals surface area contributed by atoms with Crippen molar-refractivity contribution in [2.75, 3.05) is 33.4 Å². The van der Waals surface area contributed by atoms with Gasteiger partial charge in [0.1, 0.15) is 12.5 Å². The summed E-state index contributed by atoms with van der Waals surface area (Å²) in [7, 11) is 1.87. The summed E-state index contributed by atoms with van der Waals surface area (Å²) in [6.07, 6.45) is 14.0. The molecule has 0 unspecified atom stereocenters. The van der Waals surface area contributed by atoms with Crippen molar-refractivity contribution in [3.8, 4) is 0 Å². The Balaban J connectivity index is 1.67. The molecule has 8 nitrogen and oxygen atoms in total. The van der Waals surface area contributed by atoms with E-state index < -0.39 is 23.3 Å². The molecule has 2 aliphatic carbocycles. The van der Waals surface area contributed by atoms with Gasteiger partial charge in [0, 0.05) is 30.6 Å². The summed E-state index contributed by atoms with van der Waals surface area (Å²) in [6.45, 7) is 13.9. The van der Waals surface area contributed by atoms with Gasteiger partial charge < -0.3 is 30.5 Å². The van der Waals surface area contributed by atoms with E-state index in [0.29, 0.717) is 70.3 Å². The van der Waals surface area contributed by atoms with Crippen LogP contribution in [0.4, 0.5) is 0 Å². The van der Waals surface area contributed by atoms with Crippen LogP contribution in [0.25, 0.3) is 0 Å². The van der Waals surface area contributed by atoms with E-state index in [1.165, 1.54) is 11.1 Å². The fourth-order valence-corrected chi connectivity index (χ4v) is 9.40. The van der Waals surface area contributed by atoms with Crippen molar-refractivity contribution >= 4 is 6.29 Å². The summed E-state index contributed by atoms with van der Waals surface area (Å²) in [5.74, 6) is -0.348. The number of benzene rings is 1. The quantitative estimate of drug-likeness (QED) is 0.0607. The Bertz CT molecular complexity index is 1480. The Labute approximate surface area is 312 Å². The Kier molecular flexibility index (Phi) is 15.8. The topological polar surface area (TPSA) is 131 Å². The molecule has 0 aromatic heterocycles. The number of carbonyl (C=O) groups is 1. The molecule has 52 heavy (non-hydrogen) atoms. The Hall–Kier alpha value is -2.69. The average Bonchev–Trinajstić information content (AvgIpc) is 3.47. The number of ether oxygens (including phenoxy) is 1. The lowest BCUT2D eigenvalue weighted by molar-refractivity contribution is -0.180. The highest BCUT2D eigenvalue weighted by molar-refractivity contribution is 5.74. The molecule has 6 N–H and O–H groups in total. The van der Waals surface area contributed by atoms with Gasteiger partial charge in [-0.1, -0.05) is 66.3 Å². The molecule has 1 spiro atoms. The number of allylic oxidation sites excluding steroid dienone is 7. The molecule has 3 aliphatic rings. The molecule has 8 heteroatoms. The summed E-state index contributed by atoms with van der Waals surface area (Å²) in [4.78, 5) is 12.1. The lowest BCUT2D eigenvalue weighted by Gasteiger charge is -2.57. The van der Waals surface area contributed by atoms with Crippen LogP contribution in [-0.2, 0) is 22.4 Å². The molecule has 8 atom stereocenters. The van der Waals surface area contributed by atoms with Crippen molar-refractivity contribution < 1.29 is 30.0 Å². The van der Waals surface area contributed by atoms with E-state index in [1.807, 2.05) is 33.9 Å². The van der Waals surface area contributed by atoms with Gasteiger partial charge in [0.25, 0.3) is 0 Å². The molecule has 4 rings (SSSR count). The minimum Gasteiger partial charge on any atom is -0.396 e. The van der Waals surface area contributed by atoms with Crippen LogP contribution in [0.3, 0.4) is 0 Å². The van der Waals surface area contributed by atoms with E-state index in [0.717, 1.165) is 47.8 Å². The van der Waals surface area contributed by atoms with Gasteiger partial charge in [-0.25, -0.2) is 0 Å². The van der Waals surface area contributed by atoms with Crippen LogP contribution in [0.15, 0.2) is 83.0 Å². The zero-order chi connectivity index (χ0) is 37.9. The molecule has 2 fully saturated rings. The molecular weight excluding hydrogens is 652 g/mol. The van der Waals surface area contributed by atoms with Gasteiger partial charge in [0.15, 0.2) is 0 Å². The van der Waals surface area contributed by atoms with Gasteiger partial charge in [0.2, 0.25) is 0 Å². The zero-order valence-corrected chi connectivity index (χ0v) is 32.4. The monoisotopic (exact) mass is 718 g/mol. The molecule has 1 aliphatic heterocycles. The van der Waals surface area contributed by atoms with E-state index in [-0.39, 0.29) is 30.4 Å². The largest absolute Gasteiger partial charge is 0.396 e. The molecule has 1 aromatic carbocycles. The van der Waals surface area contributed by atoms with Gasteiger partial charge in [-0.3, -0.25) is 10.1 Å². The number of fused-ring (bicyclic) bond motifs is 2. The molecule has 1 aromatic rings. The molecular formula is C44H66N2O6. The van der Waals surface area contributed by atoms with E-state index >= 15 is 0 Å². The van der Waals surface area contributed by atoms with E-state index in [2.05, 4.69) is 66.6 Å². The van der Waals surface area contributed by atoms with Gasteiger partial charge in [-0.15, -0.1) is 0 Å². The van der Waals surface area contributed by atoms with Crippen LogP contribution in [0.2, 0.25) is 0 Å². The molecule has 0 saturated heterocycles. The third-order valence-corrected chi connectivity index (χ3v) is 12.3. The maximum absolute atomic E-state index is 12.6. The predicted molar refractivity (Wildman–Crippen MR) is 210 cm³/mol. The first kappa shape index (κ1) is 42.1. The van der Waals surface area contributed by atoms with Gasteiger partial charge in [-0.2, -0.15) is 0 Å². The Morgan fingerprint density at radius 3 is 2.63 bits per heavy atom. The number of nitrogens with one attached hydrogen (secondary N) is 2. The number of rotatable bonds is 14. The minimum atomic E-state index is -1.14. The van der Waals surface area contributed by atoms with Crippen molar-refractivity contribution in [2.24, 2.45) is 23.2 Å². The lowest BCUT2D eigenvalue weighted by Crippen LogP contribution is -2.61. The fourth-order valence-electron chi connectivity index (χ4n) is 9.40. The number of aliphatic hydroxyl groups excluding tert-OH is 3. The highest BCUT2D eigenvalue weighted by Gasteiger charge is 2.65.